The number of nitrogens with two attached hydrogens (primary N) is 1. The lowest BCUT2D eigenvalue weighted by molar-refractivity contribution is 0.258. The van der Waals surface area contributed by atoms with Gasteiger partial charge in [-0.2, -0.15) is 0 Å². The van der Waals surface area contributed by atoms with Gasteiger partial charge >= 0.3 is 0 Å². The first kappa shape index (κ1) is 16.8. The number of rotatable bonds is 6. The standard InChI is InChI=1S/C18H21FN2.ClH/c19-16-6-4-14(5-7-16)10-11-21(18-8-9-18)13-15-2-1-3-17(20)12-15;/h1-7,12,18H,8-11,13,20H2;1H. The Bertz CT molecular complexity index is 596. The van der Waals surface area contributed by atoms with Gasteiger partial charge in [-0.1, -0.05) is 24.3 Å². The highest BCUT2D eigenvalue weighted by Crippen LogP contribution is 2.28. The molecule has 0 heterocycles. The Morgan fingerprint density at radius 1 is 1.05 bits per heavy atom. The summed E-state index contributed by atoms with van der Waals surface area (Å²) in [6.45, 7) is 1.95. The van der Waals surface area contributed by atoms with Crippen molar-refractivity contribution in [2.24, 2.45) is 0 Å². The molecule has 1 aliphatic rings. The average molecular weight is 321 g/mol. The zero-order chi connectivity index (χ0) is 14.7. The summed E-state index contributed by atoms with van der Waals surface area (Å²) in [5.41, 5.74) is 9.13. The minimum absolute atomic E-state index is 0. The predicted octanol–water partition coefficient (Wildman–Crippen LogP) is 4.04. The van der Waals surface area contributed by atoms with Crippen molar-refractivity contribution in [2.75, 3.05) is 12.3 Å². The largest absolute Gasteiger partial charge is 0.399 e. The van der Waals surface area contributed by atoms with Gasteiger partial charge in [0.15, 0.2) is 0 Å². The number of benzene rings is 2. The molecule has 0 bridgehead atoms. The number of nitrogen functional groups attached to an aromatic ring is 1. The maximum absolute atomic E-state index is 12.9. The second kappa shape index (κ2) is 7.61. The number of hydrogen-bond acceptors (Lipinski definition) is 2. The van der Waals surface area contributed by atoms with Crippen LogP contribution in [0.15, 0.2) is 48.5 Å². The smallest absolute Gasteiger partial charge is 0.123 e. The SMILES string of the molecule is Cl.Nc1cccc(CN(CCc2ccc(F)cc2)C2CC2)c1. The Labute approximate surface area is 137 Å². The van der Waals surface area contributed by atoms with Gasteiger partial charge in [-0.05, 0) is 54.7 Å². The monoisotopic (exact) mass is 320 g/mol. The fourth-order valence-corrected chi connectivity index (χ4v) is 2.68. The Morgan fingerprint density at radius 2 is 1.77 bits per heavy atom. The van der Waals surface area contributed by atoms with E-state index in [0.717, 1.165) is 25.2 Å². The Kier molecular flexibility index (Phi) is 5.81. The molecule has 0 saturated heterocycles. The first-order chi connectivity index (χ1) is 10.2. The molecule has 2 aromatic carbocycles. The number of nitrogens with zero attached hydrogens (tertiary/aromatic N) is 1. The van der Waals surface area contributed by atoms with Gasteiger partial charge in [0, 0.05) is 24.8 Å². The van der Waals surface area contributed by atoms with E-state index in [2.05, 4.69) is 11.0 Å². The molecule has 1 aliphatic carbocycles. The summed E-state index contributed by atoms with van der Waals surface area (Å²) < 4.78 is 12.9. The van der Waals surface area contributed by atoms with Gasteiger partial charge in [-0.3, -0.25) is 4.90 Å². The highest BCUT2D eigenvalue weighted by Gasteiger charge is 2.28. The summed E-state index contributed by atoms with van der Waals surface area (Å²) in [6.07, 6.45) is 3.52. The van der Waals surface area contributed by atoms with Crippen molar-refractivity contribution in [3.05, 3.63) is 65.5 Å². The summed E-state index contributed by atoms with van der Waals surface area (Å²) in [6, 6.07) is 15.6. The summed E-state index contributed by atoms with van der Waals surface area (Å²) in [7, 11) is 0. The highest BCUT2D eigenvalue weighted by atomic mass is 35.5. The van der Waals surface area contributed by atoms with E-state index in [1.807, 2.05) is 30.3 Å². The van der Waals surface area contributed by atoms with Crippen molar-refractivity contribution in [2.45, 2.75) is 31.8 Å². The molecule has 1 saturated carbocycles. The molecule has 0 amide bonds. The topological polar surface area (TPSA) is 29.3 Å². The third-order valence-corrected chi connectivity index (χ3v) is 4.00. The molecule has 0 aromatic heterocycles. The van der Waals surface area contributed by atoms with Crippen LogP contribution < -0.4 is 5.73 Å². The van der Waals surface area contributed by atoms with Crippen LogP contribution in [0.2, 0.25) is 0 Å². The molecule has 4 heteroatoms. The first-order valence-electron chi connectivity index (χ1n) is 7.53. The molecule has 1 fully saturated rings. The van der Waals surface area contributed by atoms with Crippen LogP contribution >= 0.6 is 12.4 Å². The maximum atomic E-state index is 12.9. The summed E-state index contributed by atoms with van der Waals surface area (Å²) in [5.74, 6) is -0.169. The van der Waals surface area contributed by atoms with Crippen molar-refractivity contribution in [1.29, 1.82) is 0 Å². The summed E-state index contributed by atoms with van der Waals surface area (Å²) in [4.78, 5) is 2.51. The molecule has 0 aliphatic heterocycles. The van der Waals surface area contributed by atoms with Crippen LogP contribution in [0.3, 0.4) is 0 Å². The third kappa shape index (κ3) is 4.72. The molecule has 0 radical (unpaired) electrons. The lowest BCUT2D eigenvalue weighted by Crippen LogP contribution is -2.28. The molecule has 0 atom stereocenters. The zero-order valence-corrected chi connectivity index (χ0v) is 13.4. The van der Waals surface area contributed by atoms with E-state index in [1.54, 1.807) is 0 Å². The van der Waals surface area contributed by atoms with Crippen molar-refractivity contribution in [1.82, 2.24) is 4.90 Å². The minimum Gasteiger partial charge on any atom is -0.399 e. The lowest BCUT2D eigenvalue weighted by atomic mass is 10.1. The molecule has 3 rings (SSSR count). The van der Waals surface area contributed by atoms with Crippen molar-refractivity contribution < 1.29 is 4.39 Å². The fraction of sp³-hybridized carbons (Fsp3) is 0.333. The normalized spacial score (nSPS) is 13.9. The molecular weight excluding hydrogens is 299 g/mol. The number of hydrogen-bond donors (Lipinski definition) is 1. The van der Waals surface area contributed by atoms with Gasteiger partial charge in [-0.15, -0.1) is 12.4 Å². The molecule has 2 aromatic rings. The van der Waals surface area contributed by atoms with Crippen LogP contribution in [0, 0.1) is 5.82 Å². The first-order valence-corrected chi connectivity index (χ1v) is 7.53. The van der Waals surface area contributed by atoms with Crippen molar-refractivity contribution in [3.63, 3.8) is 0 Å². The van der Waals surface area contributed by atoms with Gasteiger partial charge < -0.3 is 5.73 Å². The molecule has 2 N–H and O–H groups in total. The van der Waals surface area contributed by atoms with E-state index >= 15 is 0 Å². The minimum atomic E-state index is -0.169. The summed E-state index contributed by atoms with van der Waals surface area (Å²) >= 11 is 0. The molecule has 0 unspecified atom stereocenters. The molecule has 0 spiro atoms. The number of halogens is 2. The van der Waals surface area contributed by atoms with Gasteiger partial charge in [0.05, 0.1) is 0 Å². The molecule has 22 heavy (non-hydrogen) atoms. The summed E-state index contributed by atoms with van der Waals surface area (Å²) in [5, 5.41) is 0. The third-order valence-electron chi connectivity index (χ3n) is 4.00. The van der Waals surface area contributed by atoms with Crippen LogP contribution in [-0.2, 0) is 13.0 Å². The fourth-order valence-electron chi connectivity index (χ4n) is 2.68. The van der Waals surface area contributed by atoms with E-state index in [9.17, 15) is 4.39 Å². The van der Waals surface area contributed by atoms with Gasteiger partial charge in [0.2, 0.25) is 0 Å². The van der Waals surface area contributed by atoms with Crippen molar-refractivity contribution in [3.8, 4) is 0 Å². The van der Waals surface area contributed by atoms with Gasteiger partial charge in [0.1, 0.15) is 5.82 Å². The molecular formula is C18H22ClFN2. The molecule has 118 valence electrons. The van der Waals surface area contributed by atoms with Crippen LogP contribution in [-0.4, -0.2) is 17.5 Å². The average Bonchev–Trinajstić information content (AvgIpc) is 3.30. The van der Waals surface area contributed by atoms with E-state index in [1.165, 1.54) is 36.1 Å². The number of anilines is 1. The van der Waals surface area contributed by atoms with E-state index in [-0.39, 0.29) is 18.2 Å². The lowest BCUT2D eigenvalue weighted by Gasteiger charge is -2.22. The van der Waals surface area contributed by atoms with Crippen molar-refractivity contribution >= 4 is 18.1 Å². The Hall–Kier alpha value is -1.58. The second-order valence-corrected chi connectivity index (χ2v) is 5.82. The van der Waals surface area contributed by atoms with E-state index < -0.39 is 0 Å². The zero-order valence-electron chi connectivity index (χ0n) is 12.5. The Balaban J connectivity index is 0.00000176. The van der Waals surface area contributed by atoms with Gasteiger partial charge in [-0.25, -0.2) is 4.39 Å². The second-order valence-electron chi connectivity index (χ2n) is 5.82. The Morgan fingerprint density at radius 3 is 2.41 bits per heavy atom. The van der Waals surface area contributed by atoms with Gasteiger partial charge in [0.25, 0.3) is 0 Å². The molecule has 2 nitrogen and oxygen atoms in total. The maximum Gasteiger partial charge on any atom is 0.123 e. The van der Waals surface area contributed by atoms with Crippen LogP contribution in [0.5, 0.6) is 0 Å². The van der Waals surface area contributed by atoms with E-state index in [4.69, 9.17) is 5.73 Å². The quantitative estimate of drug-likeness (QED) is 0.814. The van der Waals surface area contributed by atoms with Crippen LogP contribution in [0.1, 0.15) is 24.0 Å². The highest BCUT2D eigenvalue weighted by molar-refractivity contribution is 5.85. The van der Waals surface area contributed by atoms with Crippen LogP contribution in [0.4, 0.5) is 10.1 Å². The van der Waals surface area contributed by atoms with E-state index in [0.29, 0.717) is 6.04 Å². The van der Waals surface area contributed by atoms with Crippen LogP contribution in [0.25, 0.3) is 0 Å². The predicted molar refractivity (Wildman–Crippen MR) is 91.6 cm³/mol.